The molecular formula is C14H16N2O3. The van der Waals surface area contributed by atoms with Crippen molar-refractivity contribution in [1.29, 1.82) is 0 Å². The Morgan fingerprint density at radius 2 is 2.47 bits per heavy atom. The molecule has 0 spiro atoms. The Morgan fingerprint density at radius 1 is 1.58 bits per heavy atom. The van der Waals surface area contributed by atoms with E-state index in [2.05, 4.69) is 22.1 Å². The molecule has 0 bridgehead atoms. The van der Waals surface area contributed by atoms with Crippen molar-refractivity contribution >= 4 is 5.91 Å². The van der Waals surface area contributed by atoms with Crippen LogP contribution < -0.4 is 5.32 Å². The number of nitrogens with zero attached hydrogens (tertiary/aromatic N) is 1. The molecule has 1 aromatic heterocycles. The molecule has 1 aliphatic heterocycles. The topological polar surface area (TPSA) is 71.5 Å². The maximum atomic E-state index is 11.8. The van der Waals surface area contributed by atoms with Gasteiger partial charge in [0, 0.05) is 24.9 Å². The van der Waals surface area contributed by atoms with E-state index in [4.69, 9.17) is 9.84 Å². The van der Waals surface area contributed by atoms with Crippen molar-refractivity contribution in [2.24, 2.45) is 0 Å². The number of aliphatic hydroxyl groups excluding tert-OH is 1. The molecule has 0 aliphatic carbocycles. The van der Waals surface area contributed by atoms with Gasteiger partial charge in [-0.1, -0.05) is 11.8 Å². The van der Waals surface area contributed by atoms with Crippen LogP contribution in [0.2, 0.25) is 0 Å². The van der Waals surface area contributed by atoms with Crippen molar-refractivity contribution in [3.05, 3.63) is 29.6 Å². The third-order valence-electron chi connectivity index (χ3n) is 2.82. The minimum atomic E-state index is -0.211. The number of aliphatic hydroxyl groups is 1. The molecule has 100 valence electrons. The summed E-state index contributed by atoms with van der Waals surface area (Å²) in [4.78, 5) is 15.9. The summed E-state index contributed by atoms with van der Waals surface area (Å²) in [5, 5.41) is 11.4. The van der Waals surface area contributed by atoms with Crippen molar-refractivity contribution in [1.82, 2.24) is 10.3 Å². The molecule has 0 aromatic carbocycles. The second-order valence-electron chi connectivity index (χ2n) is 4.24. The van der Waals surface area contributed by atoms with Crippen LogP contribution in [0.1, 0.15) is 28.9 Å². The summed E-state index contributed by atoms with van der Waals surface area (Å²) in [5.41, 5.74) is 1.03. The molecule has 2 N–H and O–H groups in total. The second-order valence-corrected chi connectivity index (χ2v) is 4.24. The van der Waals surface area contributed by atoms with Gasteiger partial charge in [0.2, 0.25) is 0 Å². The van der Waals surface area contributed by atoms with Gasteiger partial charge in [0.1, 0.15) is 12.3 Å². The lowest BCUT2D eigenvalue weighted by Gasteiger charge is -2.10. The third kappa shape index (κ3) is 4.05. The average Bonchev–Trinajstić information content (AvgIpc) is 2.96. The Bertz CT molecular complexity index is 482. The van der Waals surface area contributed by atoms with Crippen LogP contribution in [0.25, 0.3) is 0 Å². The van der Waals surface area contributed by atoms with Gasteiger partial charge in [-0.2, -0.15) is 0 Å². The highest BCUT2D eigenvalue weighted by molar-refractivity contribution is 5.92. The van der Waals surface area contributed by atoms with Crippen molar-refractivity contribution in [2.45, 2.75) is 18.9 Å². The van der Waals surface area contributed by atoms with Crippen molar-refractivity contribution in [3.63, 3.8) is 0 Å². The maximum Gasteiger partial charge on any atom is 0.269 e. The van der Waals surface area contributed by atoms with E-state index in [0.717, 1.165) is 19.4 Å². The third-order valence-corrected chi connectivity index (χ3v) is 2.82. The molecule has 1 unspecified atom stereocenters. The number of ether oxygens (including phenoxy) is 1. The molecule has 1 fully saturated rings. The lowest BCUT2D eigenvalue weighted by atomic mass is 10.2. The number of hydrogen-bond acceptors (Lipinski definition) is 4. The van der Waals surface area contributed by atoms with E-state index in [-0.39, 0.29) is 18.6 Å². The maximum absolute atomic E-state index is 11.8. The van der Waals surface area contributed by atoms with Crippen LogP contribution in [-0.4, -0.2) is 41.9 Å². The van der Waals surface area contributed by atoms with Gasteiger partial charge < -0.3 is 15.2 Å². The first-order valence-electron chi connectivity index (χ1n) is 6.25. The van der Waals surface area contributed by atoms with Gasteiger partial charge in [-0.25, -0.2) is 4.98 Å². The van der Waals surface area contributed by atoms with E-state index in [9.17, 15) is 4.79 Å². The molecular weight excluding hydrogens is 244 g/mol. The molecule has 2 heterocycles. The predicted octanol–water partition coefficient (Wildman–Crippen LogP) is 0.334. The first kappa shape index (κ1) is 13.5. The highest BCUT2D eigenvalue weighted by Crippen LogP contribution is 2.10. The lowest BCUT2D eigenvalue weighted by Crippen LogP contribution is -2.32. The van der Waals surface area contributed by atoms with Crippen LogP contribution in [-0.2, 0) is 4.74 Å². The van der Waals surface area contributed by atoms with Crippen LogP contribution in [0, 0.1) is 11.8 Å². The number of carbonyl (C=O) groups is 1. The first-order chi connectivity index (χ1) is 9.29. The lowest BCUT2D eigenvalue weighted by molar-refractivity contribution is 0.0853. The molecule has 1 amide bonds. The highest BCUT2D eigenvalue weighted by Gasteiger charge is 2.16. The zero-order valence-corrected chi connectivity index (χ0v) is 10.6. The Hall–Kier alpha value is -1.90. The molecule has 2 rings (SSSR count). The summed E-state index contributed by atoms with van der Waals surface area (Å²) in [7, 11) is 0. The van der Waals surface area contributed by atoms with E-state index >= 15 is 0 Å². The Morgan fingerprint density at radius 3 is 3.11 bits per heavy atom. The molecule has 19 heavy (non-hydrogen) atoms. The van der Waals surface area contributed by atoms with Gasteiger partial charge in [-0.05, 0) is 25.0 Å². The number of nitrogens with one attached hydrogen (secondary N) is 1. The van der Waals surface area contributed by atoms with E-state index in [1.807, 2.05) is 0 Å². The fourth-order valence-corrected chi connectivity index (χ4v) is 1.85. The average molecular weight is 260 g/mol. The smallest absolute Gasteiger partial charge is 0.269 e. The summed E-state index contributed by atoms with van der Waals surface area (Å²) < 4.78 is 5.43. The summed E-state index contributed by atoms with van der Waals surface area (Å²) in [6.45, 7) is 1.10. The number of aromatic nitrogens is 1. The highest BCUT2D eigenvalue weighted by atomic mass is 16.5. The van der Waals surface area contributed by atoms with Crippen molar-refractivity contribution in [3.8, 4) is 11.8 Å². The summed E-state index contributed by atoms with van der Waals surface area (Å²) in [5.74, 6) is 5.04. The second kappa shape index (κ2) is 6.88. The van der Waals surface area contributed by atoms with Gasteiger partial charge >= 0.3 is 0 Å². The molecule has 1 aromatic rings. The summed E-state index contributed by atoms with van der Waals surface area (Å²) >= 11 is 0. The Balaban J connectivity index is 1.88. The zero-order valence-electron chi connectivity index (χ0n) is 10.6. The predicted molar refractivity (Wildman–Crippen MR) is 69.5 cm³/mol. The number of amides is 1. The molecule has 5 heteroatoms. The summed E-state index contributed by atoms with van der Waals surface area (Å²) in [6.07, 6.45) is 3.68. The molecule has 0 radical (unpaired) electrons. The first-order valence-corrected chi connectivity index (χ1v) is 6.25. The van der Waals surface area contributed by atoms with Crippen LogP contribution in [0.15, 0.2) is 18.3 Å². The number of carbonyl (C=O) groups excluding carboxylic acids is 1. The largest absolute Gasteiger partial charge is 0.384 e. The monoisotopic (exact) mass is 260 g/mol. The van der Waals surface area contributed by atoms with Gasteiger partial charge in [0.15, 0.2) is 0 Å². The quantitative estimate of drug-likeness (QED) is 0.769. The van der Waals surface area contributed by atoms with E-state index < -0.39 is 0 Å². The van der Waals surface area contributed by atoms with Gasteiger partial charge in [-0.15, -0.1) is 0 Å². The van der Waals surface area contributed by atoms with Gasteiger partial charge in [-0.3, -0.25) is 4.79 Å². The normalized spacial score (nSPS) is 17.6. The van der Waals surface area contributed by atoms with E-state index in [1.165, 1.54) is 6.20 Å². The zero-order chi connectivity index (χ0) is 13.5. The Labute approximate surface area is 112 Å². The van der Waals surface area contributed by atoms with Crippen LogP contribution in [0.5, 0.6) is 0 Å². The summed E-state index contributed by atoms with van der Waals surface area (Å²) in [6, 6.07) is 3.32. The number of rotatable bonds is 3. The molecule has 1 saturated heterocycles. The minimum Gasteiger partial charge on any atom is -0.384 e. The minimum absolute atomic E-state index is 0.124. The number of hydrogen-bond donors (Lipinski definition) is 2. The number of pyridine rings is 1. The van der Waals surface area contributed by atoms with Crippen LogP contribution in [0.4, 0.5) is 0 Å². The standard InChI is InChI=1S/C14H16N2O3/c17-7-1-3-11-5-6-13(15-9-11)14(18)16-10-12-4-2-8-19-12/h5-6,9,12,17H,2,4,7-8,10H2,(H,16,18). The molecule has 0 saturated carbocycles. The van der Waals surface area contributed by atoms with Crippen molar-refractivity contribution < 1.29 is 14.6 Å². The van der Waals surface area contributed by atoms with E-state index in [1.54, 1.807) is 12.1 Å². The van der Waals surface area contributed by atoms with Gasteiger partial charge in [0.05, 0.1) is 6.10 Å². The van der Waals surface area contributed by atoms with Crippen molar-refractivity contribution in [2.75, 3.05) is 19.8 Å². The van der Waals surface area contributed by atoms with E-state index in [0.29, 0.717) is 17.8 Å². The fourth-order valence-electron chi connectivity index (χ4n) is 1.85. The SMILES string of the molecule is O=C(NCC1CCCO1)c1ccc(C#CCO)cn1. The van der Waals surface area contributed by atoms with Gasteiger partial charge in [0.25, 0.3) is 5.91 Å². The van der Waals surface area contributed by atoms with Crippen LogP contribution in [0.3, 0.4) is 0 Å². The molecule has 5 nitrogen and oxygen atoms in total. The molecule has 1 atom stereocenters. The van der Waals surface area contributed by atoms with Crippen LogP contribution >= 0.6 is 0 Å². The fraction of sp³-hybridized carbons (Fsp3) is 0.429. The Kier molecular flexibility index (Phi) is 4.90. The molecule has 1 aliphatic rings.